The smallest absolute Gasteiger partial charge is 0.314 e. The molecule has 1 aliphatic rings. The Bertz CT molecular complexity index is 431. The summed E-state index contributed by atoms with van der Waals surface area (Å²) in [5.74, 6) is 0.756. The minimum atomic E-state index is -0.387. The molecule has 98 valence electrons. The molecule has 1 N–H and O–H groups in total. The van der Waals surface area contributed by atoms with E-state index in [1.807, 2.05) is 0 Å². The molecule has 18 heavy (non-hydrogen) atoms. The minimum absolute atomic E-state index is 0.0641. The van der Waals surface area contributed by atoms with E-state index in [-0.39, 0.29) is 10.6 Å². The Balaban J connectivity index is 2.04. The summed E-state index contributed by atoms with van der Waals surface area (Å²) in [7, 11) is 0. The molecule has 6 nitrogen and oxygen atoms in total. The van der Waals surface area contributed by atoms with Crippen molar-refractivity contribution in [2.45, 2.75) is 19.8 Å². The van der Waals surface area contributed by atoms with Crippen molar-refractivity contribution < 1.29 is 9.66 Å². The van der Waals surface area contributed by atoms with Gasteiger partial charge in [-0.05, 0) is 31.7 Å². The van der Waals surface area contributed by atoms with Crippen LogP contribution in [0.15, 0.2) is 12.3 Å². The van der Waals surface area contributed by atoms with Gasteiger partial charge in [0.25, 0.3) is 0 Å². The molecule has 1 aromatic heterocycles. The maximum Gasteiger partial charge on any atom is 0.314 e. The molecule has 0 saturated carbocycles. The molecule has 0 bridgehead atoms. The largest absolute Gasteiger partial charge is 0.381 e. The van der Waals surface area contributed by atoms with Gasteiger partial charge in [-0.15, -0.1) is 0 Å². The third-order valence-corrected chi connectivity index (χ3v) is 3.12. The number of rotatable bonds is 4. The van der Waals surface area contributed by atoms with E-state index >= 15 is 0 Å². The summed E-state index contributed by atoms with van der Waals surface area (Å²) in [5.41, 5.74) is 0.687. The number of nitrogens with one attached hydrogen (secondary N) is 1. The van der Waals surface area contributed by atoms with E-state index in [9.17, 15) is 10.1 Å². The second-order valence-electron chi connectivity index (χ2n) is 4.55. The lowest BCUT2D eigenvalue weighted by atomic mass is 10.0. The molecule has 0 aliphatic carbocycles. The summed E-state index contributed by atoms with van der Waals surface area (Å²) in [6, 6.07) is 1.65. The van der Waals surface area contributed by atoms with Gasteiger partial charge >= 0.3 is 5.69 Å². The first-order valence-electron chi connectivity index (χ1n) is 6.10. The molecule has 1 fully saturated rings. The lowest BCUT2D eigenvalue weighted by molar-refractivity contribution is -0.384. The van der Waals surface area contributed by atoms with Crippen molar-refractivity contribution in [2.24, 2.45) is 5.92 Å². The fraction of sp³-hybridized carbons (Fsp3) is 0.583. The van der Waals surface area contributed by atoms with Crippen LogP contribution in [0.25, 0.3) is 0 Å². The average Bonchev–Trinajstić information content (AvgIpc) is 2.37. The first kappa shape index (κ1) is 12.8. The summed E-state index contributed by atoms with van der Waals surface area (Å²) < 4.78 is 5.38. The number of aryl methyl sites for hydroxylation is 1. The molecule has 0 radical (unpaired) electrons. The molecule has 2 heterocycles. The van der Waals surface area contributed by atoms with Crippen LogP contribution in [0.2, 0.25) is 0 Å². The quantitative estimate of drug-likeness (QED) is 0.655. The maximum atomic E-state index is 11.0. The molecule has 0 aromatic carbocycles. The highest BCUT2D eigenvalue weighted by Gasteiger charge is 2.20. The highest BCUT2D eigenvalue weighted by molar-refractivity contribution is 5.59. The number of hydrogen-bond acceptors (Lipinski definition) is 5. The lowest BCUT2D eigenvalue weighted by Gasteiger charge is -2.22. The van der Waals surface area contributed by atoms with Gasteiger partial charge in [-0.25, -0.2) is 4.98 Å². The van der Waals surface area contributed by atoms with Crippen LogP contribution in [0.5, 0.6) is 0 Å². The second kappa shape index (κ2) is 5.77. The average molecular weight is 251 g/mol. The van der Waals surface area contributed by atoms with Gasteiger partial charge in [0.1, 0.15) is 0 Å². The SMILES string of the molecule is Cc1ccnc(NCC2CCCOC2)c1[N+](=O)[O-]. The molecular weight excluding hydrogens is 234 g/mol. The Morgan fingerprint density at radius 1 is 1.67 bits per heavy atom. The van der Waals surface area contributed by atoms with E-state index in [1.165, 1.54) is 0 Å². The number of pyridine rings is 1. The first-order chi connectivity index (χ1) is 8.68. The maximum absolute atomic E-state index is 11.0. The van der Waals surface area contributed by atoms with E-state index in [4.69, 9.17) is 4.74 Å². The van der Waals surface area contributed by atoms with Crippen LogP contribution in [0.4, 0.5) is 11.5 Å². The van der Waals surface area contributed by atoms with Crippen LogP contribution < -0.4 is 5.32 Å². The highest BCUT2D eigenvalue weighted by atomic mass is 16.6. The number of anilines is 1. The van der Waals surface area contributed by atoms with E-state index in [1.54, 1.807) is 19.2 Å². The van der Waals surface area contributed by atoms with E-state index in [0.717, 1.165) is 19.4 Å². The monoisotopic (exact) mass is 251 g/mol. The van der Waals surface area contributed by atoms with Crippen LogP contribution in [0.1, 0.15) is 18.4 Å². The Morgan fingerprint density at radius 2 is 2.50 bits per heavy atom. The zero-order chi connectivity index (χ0) is 13.0. The van der Waals surface area contributed by atoms with Crippen molar-refractivity contribution in [1.82, 2.24) is 4.98 Å². The summed E-state index contributed by atoms with van der Waals surface area (Å²) in [6.07, 6.45) is 3.73. The van der Waals surface area contributed by atoms with Crippen molar-refractivity contribution in [3.8, 4) is 0 Å². The number of nitrogens with zero attached hydrogens (tertiary/aromatic N) is 2. The Morgan fingerprint density at radius 3 is 3.17 bits per heavy atom. The van der Waals surface area contributed by atoms with Gasteiger partial charge in [0.15, 0.2) is 0 Å². The topological polar surface area (TPSA) is 77.3 Å². The van der Waals surface area contributed by atoms with Gasteiger partial charge < -0.3 is 10.1 Å². The molecule has 0 spiro atoms. The zero-order valence-corrected chi connectivity index (χ0v) is 10.4. The third kappa shape index (κ3) is 2.95. The van der Waals surface area contributed by atoms with E-state index in [0.29, 0.717) is 30.5 Å². The molecule has 0 amide bonds. The van der Waals surface area contributed by atoms with Crippen molar-refractivity contribution in [3.05, 3.63) is 27.9 Å². The molecule has 1 saturated heterocycles. The zero-order valence-electron chi connectivity index (χ0n) is 10.4. The molecule has 1 atom stereocenters. The highest BCUT2D eigenvalue weighted by Crippen LogP contribution is 2.26. The Labute approximate surface area is 106 Å². The first-order valence-corrected chi connectivity index (χ1v) is 6.10. The predicted molar refractivity (Wildman–Crippen MR) is 67.7 cm³/mol. The van der Waals surface area contributed by atoms with Crippen LogP contribution in [-0.2, 0) is 4.74 Å². The fourth-order valence-electron chi connectivity index (χ4n) is 2.12. The molecule has 1 aromatic rings. The van der Waals surface area contributed by atoms with E-state index in [2.05, 4.69) is 10.3 Å². The fourth-order valence-corrected chi connectivity index (χ4v) is 2.12. The molecule has 1 aliphatic heterocycles. The summed E-state index contributed by atoms with van der Waals surface area (Å²) in [6.45, 7) is 3.91. The van der Waals surface area contributed by atoms with Crippen LogP contribution in [0.3, 0.4) is 0 Å². The molecule has 1 unspecified atom stereocenters. The molecular formula is C12H17N3O3. The van der Waals surface area contributed by atoms with Gasteiger partial charge in [0.2, 0.25) is 5.82 Å². The standard InChI is InChI=1S/C12H17N3O3/c1-9-4-5-13-12(11(9)15(16)17)14-7-10-3-2-6-18-8-10/h4-5,10H,2-3,6-8H2,1H3,(H,13,14). The predicted octanol–water partition coefficient (Wildman–Crippen LogP) is 2.14. The van der Waals surface area contributed by atoms with Crippen molar-refractivity contribution in [3.63, 3.8) is 0 Å². The minimum Gasteiger partial charge on any atom is -0.381 e. The Hall–Kier alpha value is -1.69. The molecule has 2 rings (SSSR count). The van der Waals surface area contributed by atoms with Crippen LogP contribution >= 0.6 is 0 Å². The van der Waals surface area contributed by atoms with Gasteiger partial charge in [-0.3, -0.25) is 10.1 Å². The molecule has 6 heteroatoms. The number of aromatic nitrogens is 1. The van der Waals surface area contributed by atoms with Crippen LogP contribution in [0, 0.1) is 23.0 Å². The summed E-state index contributed by atoms with van der Waals surface area (Å²) in [4.78, 5) is 14.7. The van der Waals surface area contributed by atoms with Gasteiger partial charge in [0.05, 0.1) is 11.5 Å². The Kier molecular flexibility index (Phi) is 4.09. The van der Waals surface area contributed by atoms with Gasteiger partial charge in [-0.1, -0.05) is 0 Å². The number of hydrogen-bond donors (Lipinski definition) is 1. The lowest BCUT2D eigenvalue weighted by Crippen LogP contribution is -2.24. The third-order valence-electron chi connectivity index (χ3n) is 3.12. The van der Waals surface area contributed by atoms with Gasteiger partial charge in [0, 0.05) is 24.9 Å². The van der Waals surface area contributed by atoms with Crippen molar-refractivity contribution in [2.75, 3.05) is 25.1 Å². The number of nitro groups is 1. The summed E-state index contributed by atoms with van der Waals surface area (Å²) >= 11 is 0. The van der Waals surface area contributed by atoms with Gasteiger partial charge in [-0.2, -0.15) is 0 Å². The van der Waals surface area contributed by atoms with Crippen molar-refractivity contribution >= 4 is 11.5 Å². The van der Waals surface area contributed by atoms with Crippen LogP contribution in [-0.4, -0.2) is 29.7 Å². The summed E-state index contributed by atoms with van der Waals surface area (Å²) in [5, 5.41) is 14.1. The normalized spacial score (nSPS) is 19.5. The van der Waals surface area contributed by atoms with E-state index < -0.39 is 0 Å². The van der Waals surface area contributed by atoms with Crippen molar-refractivity contribution in [1.29, 1.82) is 0 Å². The number of ether oxygens (including phenoxy) is 1. The second-order valence-corrected chi connectivity index (χ2v) is 4.55.